The van der Waals surface area contributed by atoms with Crippen molar-refractivity contribution in [3.05, 3.63) is 88.7 Å². The molecule has 0 amide bonds. The zero-order valence-electron chi connectivity index (χ0n) is 14.6. The smallest absolute Gasteiger partial charge is 0.199 e. The van der Waals surface area contributed by atoms with Crippen LogP contribution < -0.4 is 4.74 Å². The SMILES string of the molecule is O=C1CC2=C(Cc3cc(F)c(O)cc3O2)C(c2cccc3ccccc23)=C1F. The van der Waals surface area contributed by atoms with Crippen LogP contribution in [0.25, 0.3) is 16.3 Å². The second-order valence-corrected chi connectivity index (χ2v) is 6.91. The molecule has 0 fully saturated rings. The van der Waals surface area contributed by atoms with Gasteiger partial charge in [0.25, 0.3) is 0 Å². The third-order valence-electron chi connectivity index (χ3n) is 5.21. The van der Waals surface area contributed by atoms with E-state index in [4.69, 9.17) is 4.74 Å². The number of carbonyl (C=O) groups is 1. The molecule has 3 nitrogen and oxygen atoms in total. The fourth-order valence-corrected chi connectivity index (χ4v) is 3.89. The summed E-state index contributed by atoms with van der Waals surface area (Å²) in [6, 6.07) is 15.4. The van der Waals surface area contributed by atoms with Crippen LogP contribution in [-0.4, -0.2) is 10.9 Å². The van der Waals surface area contributed by atoms with E-state index in [9.17, 15) is 14.3 Å². The molecular weight excluding hydrogens is 362 g/mol. The number of ketones is 1. The summed E-state index contributed by atoms with van der Waals surface area (Å²) in [7, 11) is 0. The minimum absolute atomic E-state index is 0.196. The van der Waals surface area contributed by atoms with Crippen molar-refractivity contribution in [2.24, 2.45) is 0 Å². The van der Waals surface area contributed by atoms with E-state index in [0.717, 1.165) is 10.8 Å². The molecule has 0 aromatic heterocycles. The van der Waals surface area contributed by atoms with Gasteiger partial charge in [-0.2, -0.15) is 0 Å². The second kappa shape index (κ2) is 6.02. The number of halogens is 2. The van der Waals surface area contributed by atoms with Gasteiger partial charge >= 0.3 is 0 Å². The molecule has 3 aromatic rings. The van der Waals surface area contributed by atoms with Crippen LogP contribution in [0.1, 0.15) is 17.5 Å². The molecule has 1 N–H and O–H groups in total. The number of Topliss-reactive ketones (excluding diaryl/α,β-unsaturated/α-hetero) is 1. The number of allylic oxidation sites excluding steroid dienone is 4. The molecule has 1 aliphatic heterocycles. The fourth-order valence-electron chi connectivity index (χ4n) is 3.89. The summed E-state index contributed by atoms with van der Waals surface area (Å²) < 4.78 is 34.7. The van der Waals surface area contributed by atoms with E-state index < -0.39 is 23.2 Å². The third kappa shape index (κ3) is 2.43. The molecule has 0 spiro atoms. The molecular formula is C23H14F2O3. The lowest BCUT2D eigenvalue weighted by Gasteiger charge is -2.28. The van der Waals surface area contributed by atoms with Crippen LogP contribution in [0.5, 0.6) is 11.5 Å². The van der Waals surface area contributed by atoms with E-state index in [-0.39, 0.29) is 24.2 Å². The molecule has 1 heterocycles. The Morgan fingerprint density at radius 1 is 0.964 bits per heavy atom. The first-order chi connectivity index (χ1) is 13.5. The minimum atomic E-state index is -0.804. The summed E-state index contributed by atoms with van der Waals surface area (Å²) in [5.74, 6) is -2.13. The average Bonchev–Trinajstić information content (AvgIpc) is 2.69. The minimum Gasteiger partial charge on any atom is -0.505 e. The Morgan fingerprint density at radius 2 is 1.75 bits per heavy atom. The molecule has 5 heteroatoms. The van der Waals surface area contributed by atoms with Gasteiger partial charge in [-0.1, -0.05) is 42.5 Å². The van der Waals surface area contributed by atoms with Gasteiger partial charge in [0.1, 0.15) is 11.5 Å². The van der Waals surface area contributed by atoms with Crippen LogP contribution in [0.2, 0.25) is 0 Å². The summed E-state index contributed by atoms with van der Waals surface area (Å²) in [5.41, 5.74) is 1.82. The molecule has 138 valence electrons. The molecule has 0 atom stereocenters. The Kier molecular flexibility index (Phi) is 3.59. The number of ether oxygens (including phenoxy) is 1. The van der Waals surface area contributed by atoms with E-state index in [1.165, 1.54) is 12.1 Å². The standard InChI is InChI=1S/C23H14F2O3/c24-17-9-13-8-16-21(28-20(13)10-18(17)26)11-19(27)23(25)22(16)15-7-3-5-12-4-1-2-6-14(12)15/h1-7,9-10,26H,8,11H2. The largest absolute Gasteiger partial charge is 0.505 e. The zero-order valence-corrected chi connectivity index (χ0v) is 14.6. The van der Waals surface area contributed by atoms with E-state index in [2.05, 4.69) is 0 Å². The van der Waals surface area contributed by atoms with E-state index in [1.807, 2.05) is 36.4 Å². The Labute approximate surface area is 159 Å². The average molecular weight is 376 g/mol. The number of hydrogen-bond donors (Lipinski definition) is 1. The van der Waals surface area contributed by atoms with Crippen molar-refractivity contribution in [2.75, 3.05) is 0 Å². The Hall–Kier alpha value is -3.47. The maximum Gasteiger partial charge on any atom is 0.199 e. The van der Waals surface area contributed by atoms with E-state index >= 15 is 4.39 Å². The van der Waals surface area contributed by atoms with E-state index in [0.29, 0.717) is 22.5 Å². The van der Waals surface area contributed by atoms with Gasteiger partial charge < -0.3 is 9.84 Å². The fraction of sp³-hybridized carbons (Fsp3) is 0.0870. The topological polar surface area (TPSA) is 46.5 Å². The Balaban J connectivity index is 1.73. The van der Waals surface area contributed by atoms with Crippen LogP contribution in [-0.2, 0) is 11.2 Å². The Morgan fingerprint density at radius 3 is 2.61 bits per heavy atom. The van der Waals surface area contributed by atoms with Crippen LogP contribution >= 0.6 is 0 Å². The van der Waals surface area contributed by atoms with Crippen LogP contribution in [0.4, 0.5) is 8.78 Å². The van der Waals surface area contributed by atoms with Crippen molar-refractivity contribution in [3.8, 4) is 11.5 Å². The molecule has 1 aliphatic carbocycles. The molecule has 0 radical (unpaired) electrons. The van der Waals surface area contributed by atoms with Gasteiger partial charge in [0, 0.05) is 29.2 Å². The number of carbonyl (C=O) groups excluding carboxylic acids is 1. The summed E-state index contributed by atoms with van der Waals surface area (Å²) >= 11 is 0. The number of phenolic OH excluding ortho intramolecular Hbond substituents is 1. The lowest BCUT2D eigenvalue weighted by molar-refractivity contribution is -0.116. The number of hydrogen-bond acceptors (Lipinski definition) is 3. The van der Waals surface area contributed by atoms with Gasteiger partial charge in [-0.25, -0.2) is 8.78 Å². The number of benzene rings is 3. The molecule has 2 aliphatic rings. The highest BCUT2D eigenvalue weighted by molar-refractivity contribution is 6.11. The second-order valence-electron chi connectivity index (χ2n) is 6.91. The van der Waals surface area contributed by atoms with Gasteiger partial charge in [0.2, 0.25) is 0 Å². The van der Waals surface area contributed by atoms with Crippen molar-refractivity contribution in [2.45, 2.75) is 12.8 Å². The lowest BCUT2D eigenvalue weighted by atomic mass is 9.83. The monoisotopic (exact) mass is 376 g/mol. The maximum absolute atomic E-state index is 15.1. The van der Waals surface area contributed by atoms with Crippen LogP contribution in [0, 0.1) is 5.82 Å². The van der Waals surface area contributed by atoms with Gasteiger partial charge in [-0.05, 0) is 22.4 Å². The van der Waals surface area contributed by atoms with Crippen molar-refractivity contribution < 1.29 is 23.4 Å². The van der Waals surface area contributed by atoms with Crippen molar-refractivity contribution in [3.63, 3.8) is 0 Å². The first-order valence-corrected chi connectivity index (χ1v) is 8.85. The first-order valence-electron chi connectivity index (χ1n) is 8.85. The Bertz CT molecular complexity index is 1230. The zero-order chi connectivity index (χ0) is 19.4. The van der Waals surface area contributed by atoms with Gasteiger partial charge in [-0.3, -0.25) is 4.79 Å². The summed E-state index contributed by atoms with van der Waals surface area (Å²) in [6.07, 6.45) is 0.00807. The highest BCUT2D eigenvalue weighted by Crippen LogP contribution is 2.45. The predicted molar refractivity (Wildman–Crippen MR) is 101 cm³/mol. The normalized spacial score (nSPS) is 16.1. The van der Waals surface area contributed by atoms with Crippen molar-refractivity contribution >= 4 is 22.1 Å². The first kappa shape index (κ1) is 16.7. The van der Waals surface area contributed by atoms with Gasteiger partial charge in [0.15, 0.2) is 23.2 Å². The highest BCUT2D eigenvalue weighted by atomic mass is 19.1. The molecule has 0 bridgehead atoms. The lowest BCUT2D eigenvalue weighted by Crippen LogP contribution is -2.21. The van der Waals surface area contributed by atoms with Gasteiger partial charge in [-0.15, -0.1) is 0 Å². The molecule has 28 heavy (non-hydrogen) atoms. The van der Waals surface area contributed by atoms with Crippen LogP contribution in [0.3, 0.4) is 0 Å². The predicted octanol–water partition coefficient (Wildman–Crippen LogP) is 5.23. The number of rotatable bonds is 1. The number of fused-ring (bicyclic) bond motifs is 2. The molecule has 3 aromatic carbocycles. The molecule has 0 saturated carbocycles. The third-order valence-corrected chi connectivity index (χ3v) is 5.21. The highest BCUT2D eigenvalue weighted by Gasteiger charge is 2.34. The maximum atomic E-state index is 15.1. The quantitative estimate of drug-likeness (QED) is 0.633. The molecule has 0 saturated heterocycles. The molecule has 5 rings (SSSR count). The number of phenols is 1. The summed E-state index contributed by atoms with van der Waals surface area (Å²) in [5, 5.41) is 11.3. The van der Waals surface area contributed by atoms with Gasteiger partial charge in [0.05, 0.1) is 6.42 Å². The molecule has 0 unspecified atom stereocenters. The van der Waals surface area contributed by atoms with Crippen molar-refractivity contribution in [1.29, 1.82) is 0 Å². The number of aromatic hydroxyl groups is 1. The summed E-state index contributed by atoms with van der Waals surface area (Å²) in [4.78, 5) is 12.3. The van der Waals surface area contributed by atoms with E-state index in [1.54, 1.807) is 6.07 Å². The van der Waals surface area contributed by atoms with Crippen molar-refractivity contribution in [1.82, 2.24) is 0 Å². The summed E-state index contributed by atoms with van der Waals surface area (Å²) in [6.45, 7) is 0. The van der Waals surface area contributed by atoms with Crippen LogP contribution in [0.15, 0.2) is 71.8 Å².